The van der Waals surface area contributed by atoms with Gasteiger partial charge in [-0.05, 0) is 42.7 Å². The average Bonchev–Trinajstić information content (AvgIpc) is 2.63. The summed E-state index contributed by atoms with van der Waals surface area (Å²) in [6.45, 7) is 5.04. The second-order valence-electron chi connectivity index (χ2n) is 6.44. The summed E-state index contributed by atoms with van der Waals surface area (Å²) in [6.07, 6.45) is 13.1. The molecule has 1 N–H and O–H groups in total. The summed E-state index contributed by atoms with van der Waals surface area (Å²) in [6, 6.07) is 7.69. The fourth-order valence-electron chi connectivity index (χ4n) is 2.52. The number of carbonyl (C=O) groups is 1. The number of hydrazone groups is 1. The molecular weight excluding hydrogens is 312 g/mol. The van der Waals surface area contributed by atoms with E-state index in [1.165, 1.54) is 38.5 Å². The second kappa shape index (κ2) is 14.5. The number of unbranched alkanes of at least 4 members (excludes halogenated alkanes) is 7. The van der Waals surface area contributed by atoms with Crippen molar-refractivity contribution in [2.75, 3.05) is 6.61 Å². The minimum absolute atomic E-state index is 0.00914. The molecular formula is C21H34N2O2. The van der Waals surface area contributed by atoms with Gasteiger partial charge >= 0.3 is 0 Å². The van der Waals surface area contributed by atoms with Crippen molar-refractivity contribution in [1.29, 1.82) is 0 Å². The third-order valence-electron chi connectivity index (χ3n) is 4.01. The van der Waals surface area contributed by atoms with Crippen LogP contribution in [0.15, 0.2) is 29.4 Å². The van der Waals surface area contributed by atoms with Crippen molar-refractivity contribution in [3.63, 3.8) is 0 Å². The van der Waals surface area contributed by atoms with Gasteiger partial charge in [0.1, 0.15) is 5.75 Å². The molecule has 0 fully saturated rings. The lowest BCUT2D eigenvalue weighted by atomic mass is 10.1. The van der Waals surface area contributed by atoms with Crippen LogP contribution in [0.25, 0.3) is 0 Å². The van der Waals surface area contributed by atoms with Crippen LogP contribution >= 0.6 is 0 Å². The Morgan fingerprint density at radius 1 is 0.960 bits per heavy atom. The molecule has 140 valence electrons. The fourth-order valence-corrected chi connectivity index (χ4v) is 2.52. The molecule has 0 saturated carbocycles. The zero-order chi connectivity index (χ0) is 18.2. The number of nitrogens with zero attached hydrogens (tertiary/aromatic N) is 1. The van der Waals surface area contributed by atoms with Crippen molar-refractivity contribution in [2.45, 2.75) is 78.1 Å². The van der Waals surface area contributed by atoms with E-state index in [2.05, 4.69) is 24.4 Å². The molecule has 4 nitrogen and oxygen atoms in total. The van der Waals surface area contributed by atoms with Crippen LogP contribution in [0, 0.1) is 0 Å². The minimum Gasteiger partial charge on any atom is -0.494 e. The summed E-state index contributed by atoms with van der Waals surface area (Å²) in [7, 11) is 0. The Balaban J connectivity index is 2.09. The molecule has 0 unspecified atom stereocenters. The first-order chi connectivity index (χ1) is 12.3. The SMILES string of the molecule is CCCCCCCCCCC(=O)N/N=C/c1ccc(OCCC)cc1. The third kappa shape index (κ3) is 11.4. The van der Waals surface area contributed by atoms with E-state index in [1.54, 1.807) is 6.21 Å². The number of rotatable bonds is 14. The van der Waals surface area contributed by atoms with E-state index in [0.29, 0.717) is 6.42 Å². The van der Waals surface area contributed by atoms with E-state index < -0.39 is 0 Å². The normalized spacial score (nSPS) is 11.0. The molecule has 0 spiro atoms. The number of ether oxygens (including phenoxy) is 1. The summed E-state index contributed by atoms with van der Waals surface area (Å²) < 4.78 is 5.53. The Morgan fingerprint density at radius 3 is 2.24 bits per heavy atom. The largest absolute Gasteiger partial charge is 0.494 e. The number of hydrogen-bond acceptors (Lipinski definition) is 3. The van der Waals surface area contributed by atoms with Gasteiger partial charge in [-0.25, -0.2) is 5.43 Å². The molecule has 1 aromatic rings. The van der Waals surface area contributed by atoms with Crippen LogP contribution in [0.4, 0.5) is 0 Å². The molecule has 0 aliphatic heterocycles. The molecule has 0 atom stereocenters. The number of hydrogen-bond donors (Lipinski definition) is 1. The standard InChI is InChI=1S/C21H34N2O2/c1-3-5-6-7-8-9-10-11-12-21(24)23-22-18-19-13-15-20(16-14-19)25-17-4-2/h13-16,18H,3-12,17H2,1-2H3,(H,23,24)/b22-18+. The maximum Gasteiger partial charge on any atom is 0.240 e. The van der Waals surface area contributed by atoms with Crippen LogP contribution in [0.2, 0.25) is 0 Å². The van der Waals surface area contributed by atoms with Gasteiger partial charge in [0.25, 0.3) is 0 Å². The molecule has 4 heteroatoms. The highest BCUT2D eigenvalue weighted by molar-refractivity contribution is 5.82. The van der Waals surface area contributed by atoms with Gasteiger partial charge in [-0.2, -0.15) is 5.10 Å². The van der Waals surface area contributed by atoms with Crippen molar-refractivity contribution in [1.82, 2.24) is 5.43 Å². The highest BCUT2D eigenvalue weighted by atomic mass is 16.5. The summed E-state index contributed by atoms with van der Waals surface area (Å²) >= 11 is 0. The van der Waals surface area contributed by atoms with E-state index in [-0.39, 0.29) is 5.91 Å². The van der Waals surface area contributed by atoms with Gasteiger partial charge in [-0.3, -0.25) is 4.79 Å². The Bertz CT molecular complexity index is 483. The fraction of sp³-hybridized carbons (Fsp3) is 0.619. The second-order valence-corrected chi connectivity index (χ2v) is 6.44. The lowest BCUT2D eigenvalue weighted by molar-refractivity contribution is -0.121. The van der Waals surface area contributed by atoms with Crippen LogP contribution in [-0.2, 0) is 4.79 Å². The van der Waals surface area contributed by atoms with Gasteiger partial charge in [0, 0.05) is 6.42 Å². The number of carbonyl (C=O) groups excluding carboxylic acids is 1. The zero-order valence-corrected chi connectivity index (χ0v) is 15.9. The van der Waals surface area contributed by atoms with E-state index in [9.17, 15) is 4.79 Å². The minimum atomic E-state index is -0.00914. The van der Waals surface area contributed by atoms with Crippen LogP contribution in [-0.4, -0.2) is 18.7 Å². The van der Waals surface area contributed by atoms with Crippen molar-refractivity contribution in [3.05, 3.63) is 29.8 Å². The lowest BCUT2D eigenvalue weighted by Crippen LogP contribution is -2.16. The zero-order valence-electron chi connectivity index (χ0n) is 15.9. The number of amides is 1. The van der Waals surface area contributed by atoms with Gasteiger partial charge < -0.3 is 4.74 Å². The highest BCUT2D eigenvalue weighted by Gasteiger charge is 1.99. The summed E-state index contributed by atoms with van der Waals surface area (Å²) in [5, 5.41) is 4.02. The molecule has 1 aromatic carbocycles. The maximum atomic E-state index is 11.7. The number of benzene rings is 1. The van der Waals surface area contributed by atoms with Crippen LogP contribution in [0.3, 0.4) is 0 Å². The summed E-state index contributed by atoms with van der Waals surface area (Å²) in [5.41, 5.74) is 3.54. The molecule has 25 heavy (non-hydrogen) atoms. The van der Waals surface area contributed by atoms with Crippen LogP contribution in [0.5, 0.6) is 5.75 Å². The first-order valence-electron chi connectivity index (χ1n) is 9.81. The Morgan fingerprint density at radius 2 is 1.60 bits per heavy atom. The van der Waals surface area contributed by atoms with Crippen LogP contribution in [0.1, 0.15) is 83.6 Å². The first-order valence-corrected chi connectivity index (χ1v) is 9.81. The third-order valence-corrected chi connectivity index (χ3v) is 4.01. The van der Waals surface area contributed by atoms with Crippen molar-refractivity contribution < 1.29 is 9.53 Å². The summed E-state index contributed by atoms with van der Waals surface area (Å²) in [4.78, 5) is 11.7. The molecule has 1 amide bonds. The van der Waals surface area contributed by atoms with Crippen molar-refractivity contribution >= 4 is 12.1 Å². The predicted molar refractivity (Wildman–Crippen MR) is 105 cm³/mol. The maximum absolute atomic E-state index is 11.7. The molecule has 0 aliphatic carbocycles. The lowest BCUT2D eigenvalue weighted by Gasteiger charge is -2.04. The molecule has 0 bridgehead atoms. The Hall–Kier alpha value is -1.84. The van der Waals surface area contributed by atoms with Crippen molar-refractivity contribution in [3.8, 4) is 5.75 Å². The Labute approximate surface area is 153 Å². The van der Waals surface area contributed by atoms with Gasteiger partial charge in [0.15, 0.2) is 0 Å². The van der Waals surface area contributed by atoms with Crippen molar-refractivity contribution in [2.24, 2.45) is 5.10 Å². The molecule has 0 heterocycles. The topological polar surface area (TPSA) is 50.7 Å². The average molecular weight is 347 g/mol. The molecule has 0 saturated heterocycles. The predicted octanol–water partition coefficient (Wildman–Crippen LogP) is 5.46. The van der Waals surface area contributed by atoms with E-state index in [4.69, 9.17) is 4.74 Å². The van der Waals surface area contributed by atoms with Gasteiger partial charge in [0.2, 0.25) is 5.91 Å². The highest BCUT2D eigenvalue weighted by Crippen LogP contribution is 2.11. The molecule has 1 rings (SSSR count). The van der Waals surface area contributed by atoms with Crippen LogP contribution < -0.4 is 10.2 Å². The van der Waals surface area contributed by atoms with Gasteiger partial charge in [-0.15, -0.1) is 0 Å². The monoisotopic (exact) mass is 346 g/mol. The molecule has 0 aliphatic rings. The smallest absolute Gasteiger partial charge is 0.240 e. The van der Waals surface area contributed by atoms with E-state index in [0.717, 1.165) is 37.2 Å². The summed E-state index contributed by atoms with van der Waals surface area (Å²) in [5.74, 6) is 0.850. The first kappa shape index (κ1) is 21.2. The van der Waals surface area contributed by atoms with Gasteiger partial charge in [-0.1, -0.05) is 58.8 Å². The van der Waals surface area contributed by atoms with E-state index in [1.807, 2.05) is 24.3 Å². The van der Waals surface area contributed by atoms with E-state index >= 15 is 0 Å². The number of nitrogens with one attached hydrogen (secondary N) is 1. The molecule has 0 radical (unpaired) electrons. The molecule has 0 aromatic heterocycles. The Kier molecular flexibility index (Phi) is 12.3. The van der Waals surface area contributed by atoms with Gasteiger partial charge in [0.05, 0.1) is 12.8 Å². The quantitative estimate of drug-likeness (QED) is 0.276.